The molecule has 0 amide bonds. The van der Waals surface area contributed by atoms with Crippen LogP contribution in [0.2, 0.25) is 0 Å². The average Bonchev–Trinajstić information content (AvgIpc) is 2.99. The zero-order chi connectivity index (χ0) is 16.7. The Bertz CT molecular complexity index is 863. The summed E-state index contributed by atoms with van der Waals surface area (Å²) in [4.78, 5) is 9.35. The van der Waals surface area contributed by atoms with Crippen molar-refractivity contribution in [1.29, 1.82) is 0 Å². The van der Waals surface area contributed by atoms with Crippen LogP contribution in [0.1, 0.15) is 5.69 Å². The summed E-state index contributed by atoms with van der Waals surface area (Å²) in [5, 5.41) is 4.56. The predicted octanol–water partition coefficient (Wildman–Crippen LogP) is 2.60. The van der Waals surface area contributed by atoms with E-state index < -0.39 is 0 Å². The Labute approximate surface area is 140 Å². The van der Waals surface area contributed by atoms with E-state index in [1.807, 2.05) is 17.6 Å². The molecule has 24 heavy (non-hydrogen) atoms. The van der Waals surface area contributed by atoms with Crippen LogP contribution in [0.25, 0.3) is 16.8 Å². The van der Waals surface area contributed by atoms with Crippen molar-refractivity contribution < 1.29 is 4.39 Å². The molecule has 0 radical (unpaired) electrons. The monoisotopic (exact) mass is 325 g/mol. The summed E-state index contributed by atoms with van der Waals surface area (Å²) in [6.45, 7) is 6.02. The van der Waals surface area contributed by atoms with Crippen LogP contribution in [-0.2, 0) is 0 Å². The van der Waals surface area contributed by atoms with Crippen molar-refractivity contribution in [3.8, 4) is 11.1 Å². The zero-order valence-corrected chi connectivity index (χ0v) is 13.9. The number of aryl methyl sites for hydroxylation is 1. The molecule has 2 aromatic heterocycles. The van der Waals surface area contributed by atoms with Crippen molar-refractivity contribution in [2.75, 3.05) is 38.1 Å². The highest BCUT2D eigenvalue weighted by Crippen LogP contribution is 2.27. The molecule has 0 unspecified atom stereocenters. The lowest BCUT2D eigenvalue weighted by Gasteiger charge is -2.34. The first-order valence-electron chi connectivity index (χ1n) is 8.16. The number of piperazine rings is 1. The zero-order valence-electron chi connectivity index (χ0n) is 13.9. The van der Waals surface area contributed by atoms with Crippen molar-refractivity contribution in [3.63, 3.8) is 0 Å². The molecule has 4 rings (SSSR count). The van der Waals surface area contributed by atoms with Gasteiger partial charge in [0.1, 0.15) is 11.6 Å². The lowest BCUT2D eigenvalue weighted by atomic mass is 10.1. The number of nitrogens with zero attached hydrogens (tertiary/aromatic N) is 5. The fraction of sp³-hybridized carbons (Fsp3) is 0.333. The van der Waals surface area contributed by atoms with Gasteiger partial charge in [-0.05, 0) is 31.7 Å². The van der Waals surface area contributed by atoms with Crippen molar-refractivity contribution in [2.24, 2.45) is 0 Å². The van der Waals surface area contributed by atoms with Gasteiger partial charge in [0.05, 0.1) is 6.20 Å². The standard InChI is InChI=1S/C18H20FN5/c1-13-11-17(23-9-7-22(2)8-10-23)24-18(21-13)16(12-20-24)14-3-5-15(19)6-4-14/h3-6,11-12H,7-10H2,1-2H3. The van der Waals surface area contributed by atoms with Gasteiger partial charge in [-0.1, -0.05) is 12.1 Å². The second kappa shape index (κ2) is 5.87. The number of anilines is 1. The van der Waals surface area contributed by atoms with E-state index in [9.17, 15) is 4.39 Å². The fourth-order valence-electron chi connectivity index (χ4n) is 3.16. The Balaban J connectivity index is 1.81. The van der Waals surface area contributed by atoms with E-state index in [2.05, 4.69) is 33.0 Å². The van der Waals surface area contributed by atoms with Crippen molar-refractivity contribution in [2.45, 2.75) is 6.92 Å². The van der Waals surface area contributed by atoms with Gasteiger partial charge in [0.25, 0.3) is 0 Å². The van der Waals surface area contributed by atoms with Gasteiger partial charge in [0, 0.05) is 43.5 Å². The molecular weight excluding hydrogens is 305 g/mol. The van der Waals surface area contributed by atoms with E-state index in [1.165, 1.54) is 12.1 Å². The number of benzene rings is 1. The van der Waals surface area contributed by atoms with Crippen LogP contribution in [0.5, 0.6) is 0 Å². The Morgan fingerprint density at radius 1 is 1.04 bits per heavy atom. The van der Waals surface area contributed by atoms with E-state index in [4.69, 9.17) is 0 Å². The second-order valence-corrected chi connectivity index (χ2v) is 6.35. The van der Waals surface area contributed by atoms with Crippen LogP contribution < -0.4 is 4.90 Å². The first kappa shape index (κ1) is 15.1. The third-order valence-electron chi connectivity index (χ3n) is 4.56. The third-order valence-corrected chi connectivity index (χ3v) is 4.56. The predicted molar refractivity (Wildman–Crippen MR) is 92.8 cm³/mol. The van der Waals surface area contributed by atoms with Crippen LogP contribution in [0.4, 0.5) is 10.2 Å². The first-order valence-corrected chi connectivity index (χ1v) is 8.16. The molecule has 0 atom stereocenters. The third kappa shape index (κ3) is 2.63. The number of fused-ring (bicyclic) bond motifs is 1. The Morgan fingerprint density at radius 2 is 1.75 bits per heavy atom. The van der Waals surface area contributed by atoms with Crippen LogP contribution in [0.15, 0.2) is 36.5 Å². The van der Waals surface area contributed by atoms with Gasteiger partial charge in [-0.2, -0.15) is 9.61 Å². The van der Waals surface area contributed by atoms with Crippen molar-refractivity contribution in [1.82, 2.24) is 19.5 Å². The molecule has 0 saturated carbocycles. The summed E-state index contributed by atoms with van der Waals surface area (Å²) >= 11 is 0. The van der Waals surface area contributed by atoms with Gasteiger partial charge in [0.15, 0.2) is 5.65 Å². The molecule has 1 aliphatic rings. The van der Waals surface area contributed by atoms with Gasteiger partial charge in [-0.15, -0.1) is 0 Å². The number of halogens is 1. The quantitative estimate of drug-likeness (QED) is 0.726. The largest absolute Gasteiger partial charge is 0.354 e. The molecule has 3 aromatic rings. The summed E-state index contributed by atoms with van der Waals surface area (Å²) in [6.07, 6.45) is 1.81. The Hall–Kier alpha value is -2.47. The van der Waals surface area contributed by atoms with Gasteiger partial charge >= 0.3 is 0 Å². The Morgan fingerprint density at radius 3 is 2.46 bits per heavy atom. The van der Waals surface area contributed by atoms with Gasteiger partial charge in [-0.3, -0.25) is 0 Å². The van der Waals surface area contributed by atoms with E-state index >= 15 is 0 Å². The van der Waals surface area contributed by atoms with Crippen molar-refractivity contribution in [3.05, 3.63) is 48.0 Å². The minimum atomic E-state index is -0.238. The summed E-state index contributed by atoms with van der Waals surface area (Å²) in [5.74, 6) is 0.830. The molecule has 0 N–H and O–H groups in total. The highest BCUT2D eigenvalue weighted by molar-refractivity contribution is 5.78. The van der Waals surface area contributed by atoms with Gasteiger partial charge < -0.3 is 9.80 Å². The number of hydrogen-bond donors (Lipinski definition) is 0. The summed E-state index contributed by atoms with van der Waals surface area (Å²) in [7, 11) is 2.14. The number of likely N-dealkylation sites (N-methyl/N-ethyl adjacent to an activating group) is 1. The fourth-order valence-corrected chi connectivity index (χ4v) is 3.16. The van der Waals surface area contributed by atoms with Crippen molar-refractivity contribution >= 4 is 11.5 Å². The second-order valence-electron chi connectivity index (χ2n) is 6.35. The molecule has 5 nitrogen and oxygen atoms in total. The van der Waals surface area contributed by atoms with Gasteiger partial charge in [0.2, 0.25) is 0 Å². The summed E-state index contributed by atoms with van der Waals surface area (Å²) in [6, 6.07) is 8.56. The number of rotatable bonds is 2. The molecular formula is C18H20FN5. The minimum absolute atomic E-state index is 0.238. The Kier molecular flexibility index (Phi) is 3.69. The maximum absolute atomic E-state index is 13.2. The van der Waals surface area contributed by atoms with Gasteiger partial charge in [-0.25, -0.2) is 9.37 Å². The lowest BCUT2D eigenvalue weighted by molar-refractivity contribution is 0.311. The smallest absolute Gasteiger partial charge is 0.165 e. The first-order chi connectivity index (χ1) is 11.6. The molecule has 1 aliphatic heterocycles. The van der Waals surface area contributed by atoms with E-state index in [-0.39, 0.29) is 5.82 Å². The molecule has 0 spiro atoms. The molecule has 124 valence electrons. The van der Waals surface area contributed by atoms with Crippen LogP contribution in [0, 0.1) is 12.7 Å². The minimum Gasteiger partial charge on any atom is -0.354 e. The summed E-state index contributed by atoms with van der Waals surface area (Å²) < 4.78 is 15.1. The maximum Gasteiger partial charge on any atom is 0.165 e. The molecule has 1 fully saturated rings. The lowest BCUT2D eigenvalue weighted by Crippen LogP contribution is -2.45. The van der Waals surface area contributed by atoms with Crippen LogP contribution in [-0.4, -0.2) is 52.7 Å². The molecule has 6 heteroatoms. The topological polar surface area (TPSA) is 36.7 Å². The van der Waals surface area contributed by atoms with E-state index in [1.54, 1.807) is 12.1 Å². The molecule has 1 saturated heterocycles. The van der Waals surface area contributed by atoms with E-state index in [0.717, 1.165) is 54.5 Å². The average molecular weight is 325 g/mol. The molecule has 3 heterocycles. The SMILES string of the molecule is Cc1cc(N2CCN(C)CC2)n2ncc(-c3ccc(F)cc3)c2n1. The number of aromatic nitrogens is 3. The van der Waals surface area contributed by atoms with Crippen LogP contribution >= 0.6 is 0 Å². The maximum atomic E-state index is 13.2. The molecule has 0 aliphatic carbocycles. The van der Waals surface area contributed by atoms with Crippen LogP contribution in [0.3, 0.4) is 0 Å². The highest BCUT2D eigenvalue weighted by atomic mass is 19.1. The van der Waals surface area contributed by atoms with E-state index in [0.29, 0.717) is 0 Å². The number of hydrogen-bond acceptors (Lipinski definition) is 4. The molecule has 1 aromatic carbocycles. The summed E-state index contributed by atoms with van der Waals surface area (Å²) in [5.41, 5.74) is 3.62. The normalized spacial score (nSPS) is 16.0. The molecule has 0 bridgehead atoms. The highest BCUT2D eigenvalue weighted by Gasteiger charge is 2.19.